The Labute approximate surface area is 671 Å². The number of ether oxygens (including phenoxy) is 4. The molecule has 5 N–H and O–H groups in total. The van der Waals surface area contributed by atoms with Crippen LogP contribution in [0.25, 0.3) is 22.6 Å². The van der Waals surface area contributed by atoms with Crippen molar-refractivity contribution in [3.63, 3.8) is 0 Å². The van der Waals surface area contributed by atoms with Gasteiger partial charge in [0.15, 0.2) is 66.0 Å². The Morgan fingerprint density at radius 3 is 0.956 bits per heavy atom. The minimum atomic E-state index is -0.981. The Kier molecular flexibility index (Phi) is 25.9. The molecule has 0 radical (unpaired) electrons. The quantitative estimate of drug-likeness (QED) is 0.0336. The summed E-state index contributed by atoms with van der Waals surface area (Å²) in [5, 5.41) is 38.9. The van der Waals surface area contributed by atoms with E-state index in [4.69, 9.17) is 65.4 Å². The molecule has 29 nitrogen and oxygen atoms in total. The summed E-state index contributed by atoms with van der Waals surface area (Å²) in [6.45, 7) is 6.52. The van der Waals surface area contributed by atoms with Crippen molar-refractivity contribution < 1.29 is 47.6 Å². The van der Waals surface area contributed by atoms with E-state index < -0.39 is 23.5 Å². The number of methoxy groups -OCH3 is 4. The molecule has 0 bridgehead atoms. The van der Waals surface area contributed by atoms with Crippen LogP contribution in [-0.4, -0.2) is 181 Å². The number of nitrogens with one attached hydrogen (secondary N) is 4. The van der Waals surface area contributed by atoms with E-state index in [0.717, 1.165) is 100 Å². The van der Waals surface area contributed by atoms with Crippen LogP contribution >= 0.6 is 46.4 Å². The average molecular weight is 1620 g/mol. The van der Waals surface area contributed by atoms with Crippen molar-refractivity contribution in [2.24, 2.45) is 5.41 Å². The summed E-state index contributed by atoms with van der Waals surface area (Å²) in [5.74, 6) is 2.12. The van der Waals surface area contributed by atoms with Gasteiger partial charge in [-0.1, -0.05) is 109 Å². The summed E-state index contributed by atoms with van der Waals surface area (Å²) in [4.78, 5) is 75.7. The van der Waals surface area contributed by atoms with Gasteiger partial charge in [0, 0.05) is 116 Å². The zero-order valence-electron chi connectivity index (χ0n) is 63.9. The third-order valence-corrected chi connectivity index (χ3v) is 19.8. The lowest BCUT2D eigenvalue weighted by molar-refractivity contribution is 0.0898. The zero-order chi connectivity index (χ0) is 80.4. The first-order chi connectivity index (χ1) is 54.3. The number of halogens is 5. The number of carbonyl (C=O) groups is 4. The van der Waals surface area contributed by atoms with Crippen molar-refractivity contribution in [3.8, 4) is 23.0 Å². The summed E-state index contributed by atoms with van der Waals surface area (Å²) in [6.07, 6.45) is 10.6. The molecule has 3 aliphatic rings. The van der Waals surface area contributed by atoms with Crippen molar-refractivity contribution in [2.45, 2.75) is 103 Å². The van der Waals surface area contributed by atoms with E-state index in [-0.39, 0.29) is 58.1 Å². The Balaban J connectivity index is 0.000000140. The number of imidazole rings is 4. The Morgan fingerprint density at radius 1 is 0.451 bits per heavy atom. The van der Waals surface area contributed by atoms with Gasteiger partial charge in [0.05, 0.1) is 82.0 Å². The highest BCUT2D eigenvalue weighted by Crippen LogP contribution is 2.33. The van der Waals surface area contributed by atoms with Gasteiger partial charge in [-0.25, -0.2) is 42.4 Å². The molecule has 4 amide bonds. The predicted octanol–water partition coefficient (Wildman–Crippen LogP) is 11.9. The van der Waals surface area contributed by atoms with E-state index in [2.05, 4.69) is 61.6 Å². The molecule has 4 aromatic carbocycles. The molecule has 592 valence electrons. The number of amides is 4. The second-order valence-electron chi connectivity index (χ2n) is 28.4. The van der Waals surface area contributed by atoms with Gasteiger partial charge in [-0.05, 0) is 103 Å². The zero-order valence-corrected chi connectivity index (χ0v) is 66.9. The smallest absolute Gasteiger partial charge is 0.271 e. The number of rotatable bonds is 26. The molecule has 34 heteroatoms. The topological polar surface area (TPSA) is 307 Å². The number of aliphatic hydroxyl groups is 1. The number of fused-ring (bicyclic) bond motifs is 4. The minimum absolute atomic E-state index is 0.0369. The largest absolute Gasteiger partial charge is 0.497 e. The first kappa shape index (κ1) is 81.2. The van der Waals surface area contributed by atoms with Crippen molar-refractivity contribution in [3.05, 3.63) is 212 Å². The van der Waals surface area contributed by atoms with Crippen LogP contribution in [0.3, 0.4) is 0 Å². The summed E-state index contributed by atoms with van der Waals surface area (Å²) < 4.78 is 39.8. The molecule has 3 saturated carbocycles. The molecule has 2 atom stereocenters. The third kappa shape index (κ3) is 20.1. The lowest BCUT2D eigenvalue weighted by Crippen LogP contribution is -2.40. The maximum absolute atomic E-state index is 13.1. The molecule has 8 heterocycles. The van der Waals surface area contributed by atoms with Crippen LogP contribution in [0.2, 0.25) is 20.6 Å². The molecular weight excluding hydrogens is 1530 g/mol. The number of alkyl halides is 1. The van der Waals surface area contributed by atoms with Gasteiger partial charge in [0.2, 0.25) is 0 Å². The Morgan fingerprint density at radius 2 is 0.717 bits per heavy atom. The van der Waals surface area contributed by atoms with Crippen molar-refractivity contribution in [1.29, 1.82) is 0 Å². The number of hydrogen-bond donors (Lipinski definition) is 5. The van der Waals surface area contributed by atoms with Crippen molar-refractivity contribution in [1.82, 2.24) is 79.7 Å². The SMILES string of the molecule is COc1ccc(CN(C)c2cc(Cl)nn3c(C(=O)NC4CC4)cnc23)cc1.COc1ccc(CN(C)c2cc(Cl)nn3c(C(=O)NC4CCC4)cnc23)cc1.COc1ccc(CN(C)c2cc(Cl)nn3c(C(=O)NCC(C)(C)CO)cnc23)cc1.COc1ccc(CN(C)c2cc(Cl)nn3c(C(=O)N[C@@H]4C[C@@H]4F)cnc23)cc1. The summed E-state index contributed by atoms with van der Waals surface area (Å²) in [5.41, 5.74) is 10.5. The molecule has 0 aliphatic heterocycles. The van der Waals surface area contributed by atoms with E-state index in [0.29, 0.717) is 83.4 Å². The number of hydrogen-bond acceptors (Lipinski definition) is 21. The number of benzene rings is 4. The summed E-state index contributed by atoms with van der Waals surface area (Å²) in [6, 6.07) is 38.3. The first-order valence-electron chi connectivity index (χ1n) is 36.3. The molecule has 113 heavy (non-hydrogen) atoms. The number of aromatic nitrogens is 12. The molecule has 3 fully saturated rings. The molecule has 0 unspecified atom stereocenters. The molecule has 3 aliphatic carbocycles. The van der Waals surface area contributed by atoms with Gasteiger partial charge in [0.1, 0.15) is 29.2 Å². The normalized spacial score (nSPS) is 14.3. The van der Waals surface area contributed by atoms with E-state index >= 15 is 0 Å². The average Bonchev–Trinajstić information content (AvgIpc) is 1.65. The molecule has 15 rings (SSSR count). The fourth-order valence-electron chi connectivity index (χ4n) is 12.1. The van der Waals surface area contributed by atoms with Crippen LogP contribution in [0.5, 0.6) is 23.0 Å². The molecular formula is C79H87Cl4FN20O9. The standard InChI is InChI=1S/C21H26ClN5O3.C20H22ClN5O2.C19H19ClFN5O2.C19H20ClN5O2/c1-21(2,13-28)12-24-20(29)17-10-23-19-16(9-18(22)25-27(17)19)26(3)11-14-5-7-15(30-4)8-6-14;1-25(12-13-6-8-15(28-2)9-7-13)16-10-18(21)24-26-17(11-22-19(16)26)20(27)23-14-4-3-5-14;1-25(10-11-3-5-12(28-2)6-4-11)15-8-17(20)24-26-16(9-22-18(15)26)19(27)23-14-7-13(14)21;1-24(11-12-3-7-14(27-2)8-4-12)15-9-17(20)23-25-16(10-21-18(15)25)19(26)22-13-5-6-13/h5-10,28H,11-13H2,1-4H3,(H,24,29);6-11,14H,3-5,12H2,1-2H3,(H,23,27);3-6,8-9,13-14H,7,10H2,1-2H3,(H,23,27);3-4,7-10,13H,5-6,11H2,1-2H3,(H,22,26)/t;;13-,14+;/m..0./s1. The van der Waals surface area contributed by atoms with Crippen LogP contribution in [0.15, 0.2) is 146 Å². The second kappa shape index (κ2) is 36.0. The van der Waals surface area contributed by atoms with E-state index in [9.17, 15) is 28.7 Å². The molecule has 12 aromatic rings. The van der Waals surface area contributed by atoms with Crippen molar-refractivity contribution in [2.75, 3.05) is 89.4 Å². The molecule has 0 spiro atoms. The minimum Gasteiger partial charge on any atom is -0.497 e. The van der Waals surface area contributed by atoms with Gasteiger partial charge in [0.25, 0.3) is 23.6 Å². The van der Waals surface area contributed by atoms with Crippen LogP contribution in [-0.2, 0) is 26.2 Å². The van der Waals surface area contributed by atoms with Crippen LogP contribution in [0.1, 0.15) is 117 Å². The third-order valence-electron chi connectivity index (χ3n) is 19.1. The number of nitrogens with zero attached hydrogens (tertiary/aromatic N) is 16. The number of anilines is 4. The Bertz CT molecular complexity index is 5200. The fraction of sp³-hybridized carbons (Fsp3) is 0.342. The van der Waals surface area contributed by atoms with Gasteiger partial charge in [-0.2, -0.15) is 20.4 Å². The molecule has 0 saturated heterocycles. The highest BCUT2D eigenvalue weighted by Gasteiger charge is 2.39. The van der Waals surface area contributed by atoms with Crippen LogP contribution in [0.4, 0.5) is 27.1 Å². The summed E-state index contributed by atoms with van der Waals surface area (Å²) >= 11 is 24.9. The predicted molar refractivity (Wildman–Crippen MR) is 432 cm³/mol. The lowest BCUT2D eigenvalue weighted by Gasteiger charge is -2.26. The fourth-order valence-corrected chi connectivity index (χ4v) is 12.8. The Hall–Kier alpha value is -11.3. The monoisotopic (exact) mass is 1620 g/mol. The maximum Gasteiger partial charge on any atom is 0.271 e. The second-order valence-corrected chi connectivity index (χ2v) is 30.0. The summed E-state index contributed by atoms with van der Waals surface area (Å²) in [7, 11) is 14.3. The maximum atomic E-state index is 13.1. The highest BCUT2D eigenvalue weighted by molar-refractivity contribution is 6.30. The van der Waals surface area contributed by atoms with Gasteiger partial charge < -0.3 is 64.9 Å². The van der Waals surface area contributed by atoms with E-state index in [1.807, 2.05) is 159 Å². The van der Waals surface area contributed by atoms with Crippen molar-refractivity contribution >= 4 is 115 Å². The van der Waals surface area contributed by atoms with Gasteiger partial charge in [-0.3, -0.25) is 19.2 Å². The molecule has 8 aromatic heterocycles. The highest BCUT2D eigenvalue weighted by atomic mass is 35.5. The van der Waals surface area contributed by atoms with Gasteiger partial charge in [-0.15, -0.1) is 0 Å². The van der Waals surface area contributed by atoms with Crippen LogP contribution < -0.4 is 59.8 Å². The first-order valence-corrected chi connectivity index (χ1v) is 37.8. The number of carbonyl (C=O) groups excluding carboxylic acids is 4. The van der Waals surface area contributed by atoms with Crippen LogP contribution in [0, 0.1) is 5.41 Å². The van der Waals surface area contributed by atoms with E-state index in [1.165, 1.54) is 30.5 Å². The lowest BCUT2D eigenvalue weighted by atomic mass is 9.93. The van der Waals surface area contributed by atoms with Gasteiger partial charge >= 0.3 is 0 Å². The number of aliphatic hydroxyl groups excluding tert-OH is 1. The van der Waals surface area contributed by atoms with E-state index in [1.54, 1.807) is 65.1 Å².